The summed E-state index contributed by atoms with van der Waals surface area (Å²) < 4.78 is 35.0. The third-order valence-corrected chi connectivity index (χ3v) is 12.7. The molecule has 0 saturated heterocycles. The Kier molecular flexibility index (Phi) is 9.95. The Balaban J connectivity index is 0.000000712. The van der Waals surface area contributed by atoms with Crippen LogP contribution >= 0.6 is 18.6 Å². The van der Waals surface area contributed by atoms with Crippen molar-refractivity contribution in [3.8, 4) is 10.6 Å². The number of nitrogens with one attached hydrogen (secondary N) is 1. The second kappa shape index (κ2) is 14.0. The molecule has 1 N–H and O–H groups in total. The van der Waals surface area contributed by atoms with Crippen LogP contribution in [-0.4, -0.2) is 10.9 Å². The maximum Gasteiger partial charge on any atom is 0.279 e. The third kappa shape index (κ3) is 7.27. The van der Waals surface area contributed by atoms with Gasteiger partial charge in [-0.05, 0) is 48.5 Å². The van der Waals surface area contributed by atoms with Crippen molar-refractivity contribution in [3.05, 3.63) is 157 Å². The van der Waals surface area contributed by atoms with E-state index in [-0.39, 0.29) is 5.91 Å². The summed E-state index contributed by atoms with van der Waals surface area (Å²) >= 11 is 1.62. The fourth-order valence-corrected chi connectivity index (χ4v) is 11.3. The van der Waals surface area contributed by atoms with Gasteiger partial charge in [0.1, 0.15) is 20.9 Å². The van der Waals surface area contributed by atoms with Crippen molar-refractivity contribution in [1.29, 1.82) is 0 Å². The van der Waals surface area contributed by atoms with Gasteiger partial charge in [-0.3, -0.25) is 4.79 Å². The molecule has 0 aliphatic rings. The van der Waals surface area contributed by atoms with Crippen molar-refractivity contribution < 1.29 is 33.7 Å². The van der Waals surface area contributed by atoms with Crippen LogP contribution in [0.4, 0.5) is 5.69 Å². The van der Waals surface area contributed by atoms with Gasteiger partial charge in [-0.15, -0.1) is 10.2 Å². The minimum absolute atomic E-state index is 0.207. The van der Waals surface area contributed by atoms with Crippen molar-refractivity contribution in [2.45, 2.75) is 0 Å². The van der Waals surface area contributed by atoms with Gasteiger partial charge in [0.15, 0.2) is 17.6 Å². The number of thiazole rings is 1. The minimum atomic E-state index is -4.94. The first kappa shape index (κ1) is 31.2. The summed E-state index contributed by atoms with van der Waals surface area (Å²) in [6, 6.07) is 51.4. The summed E-state index contributed by atoms with van der Waals surface area (Å²) in [6.45, 7) is 0. The van der Waals surface area contributed by atoms with E-state index in [0.29, 0.717) is 5.69 Å². The number of anilines is 1. The first-order chi connectivity index (χ1) is 21.3. The molecule has 7 nitrogen and oxygen atoms in total. The maximum atomic E-state index is 14.1. The standard InChI is InChI=1S/C34H25N2OPS.ClHO4/c37-32(35-27-18-8-2-9-19-27)31-34(39-33(36-31)26-16-6-1-7-17-26)38(28-20-10-3-11-21-28,29-22-12-4-13-23-29)30-24-14-5-15-25-30;2-1(3,4)5/h1-25H;(H,2,3,4,5). The Morgan fingerprint density at radius 1 is 0.591 bits per heavy atom. The topological polar surface area (TPSA) is 134 Å². The average molecular weight is 641 g/mol. The molecule has 0 atom stereocenters. The molecule has 0 aliphatic carbocycles. The number of carbonyl (C=O) groups is 1. The zero-order valence-corrected chi connectivity index (χ0v) is 25.6. The van der Waals surface area contributed by atoms with Crippen LogP contribution in [0.3, 0.4) is 0 Å². The van der Waals surface area contributed by atoms with Crippen LogP contribution in [0.5, 0.6) is 0 Å². The second-order valence-corrected chi connectivity index (χ2v) is 14.8. The highest BCUT2D eigenvalue weighted by atomic mass is 35.7. The van der Waals surface area contributed by atoms with E-state index < -0.39 is 17.5 Å². The van der Waals surface area contributed by atoms with E-state index in [2.05, 4.69) is 90.2 Å². The molecule has 0 bridgehead atoms. The van der Waals surface area contributed by atoms with Gasteiger partial charge in [-0.2, -0.15) is 0 Å². The molecule has 0 radical (unpaired) electrons. The van der Waals surface area contributed by atoms with Crippen LogP contribution in [0.25, 0.3) is 10.6 Å². The first-order valence-corrected chi connectivity index (χ1v) is 17.2. The molecule has 220 valence electrons. The lowest BCUT2D eigenvalue weighted by Crippen LogP contribution is -2.68. The van der Waals surface area contributed by atoms with Crippen molar-refractivity contribution in [1.82, 2.24) is 4.98 Å². The summed E-state index contributed by atoms with van der Waals surface area (Å²) in [5, 5.41) is 7.48. The fraction of sp³-hybridized carbons (Fsp3) is 0. The first-order valence-electron chi connectivity index (χ1n) is 13.4. The predicted molar refractivity (Wildman–Crippen MR) is 167 cm³/mol. The maximum absolute atomic E-state index is 14.1. The number of rotatable bonds is 7. The highest BCUT2D eigenvalue weighted by molar-refractivity contribution is 8.04. The normalized spacial score (nSPS) is 11.3. The number of hydrogen-bond acceptors (Lipinski definition) is 7. The molecule has 6 aromatic rings. The van der Waals surface area contributed by atoms with Crippen LogP contribution in [0.1, 0.15) is 10.5 Å². The predicted octanol–water partition coefficient (Wildman–Crippen LogP) is 1.93. The molecule has 0 aliphatic heterocycles. The lowest BCUT2D eigenvalue weighted by molar-refractivity contribution is -2.00. The largest absolute Gasteiger partial charge is 0.320 e. The number of nitrogens with zero attached hydrogens (tertiary/aromatic N) is 1. The molecule has 0 spiro atoms. The summed E-state index contributed by atoms with van der Waals surface area (Å²) in [5.41, 5.74) is 2.20. The molecule has 6 rings (SSSR count). The van der Waals surface area contributed by atoms with E-state index >= 15 is 0 Å². The number of hydrogen-bond donors (Lipinski definition) is 1. The number of aromatic nitrogens is 1. The Morgan fingerprint density at radius 3 is 1.36 bits per heavy atom. The highest BCUT2D eigenvalue weighted by Crippen LogP contribution is 2.56. The van der Waals surface area contributed by atoms with Crippen LogP contribution < -0.4 is 44.5 Å². The quantitative estimate of drug-likeness (QED) is 0.265. The Hall–Kier alpha value is -4.24. The summed E-state index contributed by atoms with van der Waals surface area (Å²) in [4.78, 5) is 19.1. The molecule has 0 saturated carbocycles. The van der Waals surface area contributed by atoms with Crippen molar-refractivity contribution in [2.75, 3.05) is 5.32 Å². The van der Waals surface area contributed by atoms with Gasteiger partial charge >= 0.3 is 0 Å². The van der Waals surface area contributed by atoms with Crippen LogP contribution in [0.2, 0.25) is 0 Å². The van der Waals surface area contributed by atoms with Crippen LogP contribution in [-0.2, 0) is 0 Å². The molecule has 10 heteroatoms. The van der Waals surface area contributed by atoms with Crippen molar-refractivity contribution >= 4 is 50.7 Å². The monoisotopic (exact) mass is 640 g/mol. The zero-order valence-electron chi connectivity index (χ0n) is 23.2. The number of halogens is 1. The van der Waals surface area contributed by atoms with E-state index in [1.807, 2.05) is 66.7 Å². The molecule has 1 heterocycles. The van der Waals surface area contributed by atoms with Gasteiger partial charge in [-0.1, -0.05) is 114 Å². The molecular weight excluding hydrogens is 615 g/mol. The van der Waals surface area contributed by atoms with Gasteiger partial charge in [0.2, 0.25) is 0 Å². The van der Waals surface area contributed by atoms with Gasteiger partial charge in [0, 0.05) is 11.3 Å². The van der Waals surface area contributed by atoms with Gasteiger partial charge in [-0.25, -0.2) is 23.6 Å². The SMILES string of the molecule is O=C(Nc1ccccc1)c1nc(-c2ccccc2)sc1[P+](c1ccccc1)(c1ccccc1)c1ccccc1.[O-][Cl+3]([O-])([O-])[O-]. The Morgan fingerprint density at radius 2 is 0.955 bits per heavy atom. The number of benzene rings is 5. The average Bonchev–Trinajstić information content (AvgIpc) is 3.49. The van der Waals surface area contributed by atoms with Gasteiger partial charge in [0.25, 0.3) is 5.91 Å². The van der Waals surface area contributed by atoms with Crippen LogP contribution in [0, 0.1) is 10.2 Å². The lowest BCUT2D eigenvalue weighted by atomic mass is 10.2. The number of para-hydroxylation sites is 1. The lowest BCUT2D eigenvalue weighted by Gasteiger charge is -2.26. The molecule has 44 heavy (non-hydrogen) atoms. The van der Waals surface area contributed by atoms with Gasteiger partial charge in [0.05, 0.1) is 0 Å². The third-order valence-electron chi connectivity index (χ3n) is 6.61. The van der Waals surface area contributed by atoms with E-state index in [9.17, 15) is 4.79 Å². The zero-order chi connectivity index (χ0) is 31.0. The summed E-state index contributed by atoms with van der Waals surface area (Å²) in [7, 11) is -7.45. The molecule has 5 aromatic carbocycles. The van der Waals surface area contributed by atoms with E-state index in [0.717, 1.165) is 20.9 Å². The van der Waals surface area contributed by atoms with E-state index in [1.165, 1.54) is 15.9 Å². The summed E-state index contributed by atoms with van der Waals surface area (Å²) in [5.74, 6) is -0.207. The molecule has 0 fully saturated rings. The summed E-state index contributed by atoms with van der Waals surface area (Å²) in [6.07, 6.45) is 0. The number of amides is 1. The van der Waals surface area contributed by atoms with Crippen LogP contribution in [0.15, 0.2) is 152 Å². The molecule has 1 amide bonds. The highest BCUT2D eigenvalue weighted by Gasteiger charge is 2.52. The smallest absolute Gasteiger partial charge is 0.279 e. The molecule has 1 aromatic heterocycles. The molecular formula is C34H26ClN2O5PS. The van der Waals surface area contributed by atoms with Crippen molar-refractivity contribution in [2.24, 2.45) is 0 Å². The van der Waals surface area contributed by atoms with E-state index in [1.54, 1.807) is 11.3 Å². The fourth-order valence-electron chi connectivity index (χ4n) is 4.86. The van der Waals surface area contributed by atoms with Crippen molar-refractivity contribution in [3.63, 3.8) is 0 Å². The number of carbonyl (C=O) groups excluding carboxylic acids is 1. The van der Waals surface area contributed by atoms with Gasteiger partial charge < -0.3 is 5.32 Å². The van der Waals surface area contributed by atoms with E-state index in [4.69, 9.17) is 23.6 Å². The second-order valence-electron chi connectivity index (χ2n) is 9.41. The Bertz CT molecular complexity index is 1690. The molecule has 0 unspecified atom stereocenters. The minimum Gasteiger partial charge on any atom is -0.320 e. The Labute approximate surface area is 261 Å².